The van der Waals surface area contributed by atoms with E-state index < -0.39 is 7.12 Å². The van der Waals surface area contributed by atoms with Gasteiger partial charge in [0.1, 0.15) is 5.69 Å². The van der Waals surface area contributed by atoms with Gasteiger partial charge in [0.2, 0.25) is 0 Å². The third-order valence-electron chi connectivity index (χ3n) is 2.53. The normalized spacial score (nSPS) is 10.6. The zero-order chi connectivity index (χ0) is 13.7. The van der Waals surface area contributed by atoms with E-state index in [0.717, 1.165) is 6.54 Å². The molecule has 0 saturated heterocycles. The van der Waals surface area contributed by atoms with E-state index in [2.05, 4.69) is 4.98 Å². The summed E-state index contributed by atoms with van der Waals surface area (Å²) in [5.74, 6) is -0.184. The zero-order valence-corrected chi connectivity index (χ0v) is 10.9. The monoisotopic (exact) mass is 251 g/mol. The maximum atomic E-state index is 12.0. The summed E-state index contributed by atoms with van der Waals surface area (Å²) >= 11 is 0. The highest BCUT2D eigenvalue weighted by Gasteiger charge is 2.15. The fourth-order valence-corrected chi connectivity index (χ4v) is 1.33. The van der Waals surface area contributed by atoms with Crippen LogP contribution >= 0.6 is 0 Å². The van der Waals surface area contributed by atoms with Crippen molar-refractivity contribution in [3.8, 4) is 0 Å². The average Bonchev–Trinajstić information content (AvgIpc) is 2.35. The Morgan fingerprint density at radius 2 is 1.94 bits per heavy atom. The third-order valence-corrected chi connectivity index (χ3v) is 2.53. The molecule has 1 rings (SSSR count). The Morgan fingerprint density at radius 3 is 2.39 bits per heavy atom. The van der Waals surface area contributed by atoms with E-state index in [1.807, 2.05) is 19.0 Å². The maximum absolute atomic E-state index is 12.0. The Morgan fingerprint density at radius 1 is 1.28 bits per heavy atom. The summed E-state index contributed by atoms with van der Waals surface area (Å²) in [5.41, 5.74) is 0.558. The highest BCUT2D eigenvalue weighted by Crippen LogP contribution is 1.98. The molecule has 0 bridgehead atoms. The van der Waals surface area contributed by atoms with Gasteiger partial charge in [0.15, 0.2) is 0 Å². The summed E-state index contributed by atoms with van der Waals surface area (Å²) in [6.07, 6.45) is 1.29. The molecular formula is C11H18BN3O3. The Hall–Kier alpha value is -1.44. The lowest BCUT2D eigenvalue weighted by molar-refractivity contribution is 0.0780. The number of carbonyl (C=O) groups excluding carboxylic acids is 1. The van der Waals surface area contributed by atoms with Crippen molar-refractivity contribution in [2.24, 2.45) is 0 Å². The molecule has 1 heterocycles. The number of likely N-dealkylation sites (N-methyl/N-ethyl adjacent to an activating group) is 2. The van der Waals surface area contributed by atoms with Crippen molar-refractivity contribution in [1.29, 1.82) is 0 Å². The molecule has 6 nitrogen and oxygen atoms in total. The summed E-state index contributed by atoms with van der Waals surface area (Å²) in [6.45, 7) is 1.38. The molecule has 2 N–H and O–H groups in total. The molecule has 0 atom stereocenters. The number of hydrogen-bond acceptors (Lipinski definition) is 5. The zero-order valence-electron chi connectivity index (χ0n) is 10.9. The first-order chi connectivity index (χ1) is 8.41. The van der Waals surface area contributed by atoms with Crippen LogP contribution in [0.5, 0.6) is 0 Å². The SMILES string of the molecule is CN(C)CCN(C)C(=O)c1ccc(B(O)O)cn1. The quantitative estimate of drug-likeness (QED) is 0.616. The molecule has 0 saturated carbocycles. The smallest absolute Gasteiger partial charge is 0.423 e. The van der Waals surface area contributed by atoms with Crippen molar-refractivity contribution >= 4 is 18.5 Å². The van der Waals surface area contributed by atoms with Crippen LogP contribution in [0.4, 0.5) is 0 Å². The summed E-state index contributed by atoms with van der Waals surface area (Å²) in [4.78, 5) is 19.5. The number of hydrogen-bond donors (Lipinski definition) is 2. The van der Waals surface area contributed by atoms with Gasteiger partial charge in [-0.1, -0.05) is 6.07 Å². The summed E-state index contributed by atoms with van der Waals surface area (Å²) in [6, 6.07) is 2.97. The number of rotatable bonds is 5. The maximum Gasteiger partial charge on any atom is 0.490 e. The van der Waals surface area contributed by atoms with Gasteiger partial charge in [-0.25, -0.2) is 0 Å². The van der Waals surface area contributed by atoms with Crippen LogP contribution < -0.4 is 5.46 Å². The predicted molar refractivity (Wildman–Crippen MR) is 69.6 cm³/mol. The Bertz CT molecular complexity index is 395. The molecule has 1 aromatic rings. The van der Waals surface area contributed by atoms with Crippen molar-refractivity contribution in [2.45, 2.75) is 0 Å². The lowest BCUT2D eigenvalue weighted by Crippen LogP contribution is -2.35. The minimum absolute atomic E-state index is 0.184. The number of nitrogens with zero attached hydrogens (tertiary/aromatic N) is 3. The molecule has 0 aromatic carbocycles. The summed E-state index contributed by atoms with van der Waals surface area (Å²) in [5, 5.41) is 17.8. The molecule has 0 fully saturated rings. The van der Waals surface area contributed by atoms with E-state index in [4.69, 9.17) is 10.0 Å². The topological polar surface area (TPSA) is 76.9 Å². The first-order valence-electron chi connectivity index (χ1n) is 5.64. The van der Waals surface area contributed by atoms with Gasteiger partial charge >= 0.3 is 7.12 Å². The minimum atomic E-state index is -1.56. The molecule has 0 radical (unpaired) electrons. The molecule has 0 aliphatic carbocycles. The first-order valence-corrected chi connectivity index (χ1v) is 5.64. The van der Waals surface area contributed by atoms with Crippen LogP contribution in [-0.2, 0) is 0 Å². The van der Waals surface area contributed by atoms with Gasteiger partial charge in [-0.05, 0) is 20.2 Å². The second-order valence-electron chi connectivity index (χ2n) is 4.38. The van der Waals surface area contributed by atoms with Crippen molar-refractivity contribution in [2.75, 3.05) is 34.2 Å². The Labute approximate surface area is 107 Å². The van der Waals surface area contributed by atoms with Crippen LogP contribution in [0.1, 0.15) is 10.5 Å². The van der Waals surface area contributed by atoms with Gasteiger partial charge in [0.25, 0.3) is 5.91 Å². The van der Waals surface area contributed by atoms with Crippen molar-refractivity contribution in [3.05, 3.63) is 24.0 Å². The Balaban J connectivity index is 2.66. The van der Waals surface area contributed by atoms with E-state index in [1.54, 1.807) is 11.9 Å². The van der Waals surface area contributed by atoms with Crippen LogP contribution in [-0.4, -0.2) is 72.1 Å². The number of aromatic nitrogens is 1. The van der Waals surface area contributed by atoms with E-state index in [0.29, 0.717) is 12.2 Å². The highest BCUT2D eigenvalue weighted by atomic mass is 16.4. The van der Waals surface area contributed by atoms with Crippen LogP contribution in [0.15, 0.2) is 18.3 Å². The number of carbonyl (C=O) groups is 1. The van der Waals surface area contributed by atoms with Crippen molar-refractivity contribution < 1.29 is 14.8 Å². The number of pyridine rings is 1. The largest absolute Gasteiger partial charge is 0.490 e. The molecule has 0 aliphatic heterocycles. The van der Waals surface area contributed by atoms with Gasteiger partial charge in [0.05, 0.1) is 0 Å². The highest BCUT2D eigenvalue weighted by molar-refractivity contribution is 6.58. The number of amides is 1. The fourth-order valence-electron chi connectivity index (χ4n) is 1.33. The molecule has 7 heteroatoms. The van der Waals surface area contributed by atoms with Gasteiger partial charge in [0, 0.05) is 31.8 Å². The van der Waals surface area contributed by atoms with E-state index in [9.17, 15) is 4.79 Å². The minimum Gasteiger partial charge on any atom is -0.423 e. The third kappa shape index (κ3) is 4.10. The van der Waals surface area contributed by atoms with E-state index in [1.165, 1.54) is 18.3 Å². The van der Waals surface area contributed by atoms with Crippen molar-refractivity contribution in [1.82, 2.24) is 14.8 Å². The van der Waals surface area contributed by atoms with E-state index in [-0.39, 0.29) is 11.4 Å². The van der Waals surface area contributed by atoms with Gasteiger partial charge in [-0.15, -0.1) is 0 Å². The van der Waals surface area contributed by atoms with Crippen LogP contribution in [0.2, 0.25) is 0 Å². The lowest BCUT2D eigenvalue weighted by atomic mass is 9.82. The summed E-state index contributed by atoms with van der Waals surface area (Å²) < 4.78 is 0. The molecule has 1 amide bonds. The van der Waals surface area contributed by atoms with Crippen LogP contribution in [0, 0.1) is 0 Å². The predicted octanol–water partition coefficient (Wildman–Crippen LogP) is -1.60. The second-order valence-corrected chi connectivity index (χ2v) is 4.38. The summed E-state index contributed by atoms with van der Waals surface area (Å²) in [7, 11) is 4.03. The van der Waals surface area contributed by atoms with Gasteiger partial charge < -0.3 is 19.8 Å². The lowest BCUT2D eigenvalue weighted by Gasteiger charge is -2.19. The Kier molecular flexibility index (Phi) is 5.27. The van der Waals surface area contributed by atoms with Gasteiger partial charge in [-0.2, -0.15) is 0 Å². The molecule has 18 heavy (non-hydrogen) atoms. The second kappa shape index (κ2) is 6.48. The molecular weight excluding hydrogens is 233 g/mol. The fraction of sp³-hybridized carbons (Fsp3) is 0.455. The van der Waals surface area contributed by atoms with Gasteiger partial charge in [-0.3, -0.25) is 9.78 Å². The van der Waals surface area contributed by atoms with Crippen LogP contribution in [0.25, 0.3) is 0 Å². The molecule has 1 aromatic heterocycles. The molecule has 0 spiro atoms. The average molecular weight is 251 g/mol. The van der Waals surface area contributed by atoms with Crippen LogP contribution in [0.3, 0.4) is 0 Å². The molecule has 0 aliphatic rings. The first kappa shape index (κ1) is 14.6. The standard InChI is InChI=1S/C11H18BN3O3/c1-14(2)6-7-15(3)11(16)10-5-4-9(8-13-10)12(17)18/h4-5,8,17-18H,6-7H2,1-3H3. The molecule has 0 unspecified atom stereocenters. The van der Waals surface area contributed by atoms with E-state index >= 15 is 0 Å². The molecule has 98 valence electrons. The van der Waals surface area contributed by atoms with Crippen molar-refractivity contribution in [3.63, 3.8) is 0 Å².